The Morgan fingerprint density at radius 3 is 2.83 bits per heavy atom. The molecule has 0 aliphatic carbocycles. The van der Waals surface area contributed by atoms with Crippen LogP contribution in [0.3, 0.4) is 0 Å². The molecule has 0 unspecified atom stereocenters. The summed E-state index contributed by atoms with van der Waals surface area (Å²) >= 11 is 1.03. The van der Waals surface area contributed by atoms with Gasteiger partial charge in [-0.05, 0) is 0 Å². The molecule has 0 atom stereocenters. The van der Waals surface area contributed by atoms with Crippen molar-refractivity contribution in [1.82, 2.24) is 5.10 Å². The normalized spacial score (nSPS) is 8.67. The molecular weight excluding hydrogens is 100 g/mol. The van der Waals surface area contributed by atoms with Gasteiger partial charge in [0.05, 0.1) is 5.38 Å². The highest BCUT2D eigenvalue weighted by atomic mass is 32.1. The van der Waals surface area contributed by atoms with Gasteiger partial charge in [0.1, 0.15) is 6.20 Å². The monoisotopic (exact) mass is 102 g/mol. The summed E-state index contributed by atoms with van der Waals surface area (Å²) in [5.41, 5.74) is 0. The minimum atomic E-state index is 0.542. The van der Waals surface area contributed by atoms with E-state index in [0.717, 1.165) is 11.5 Å². The summed E-state index contributed by atoms with van der Waals surface area (Å²) in [5.74, 6) is 0. The minimum absolute atomic E-state index is 0.542. The maximum absolute atomic E-state index is 9.89. The summed E-state index contributed by atoms with van der Waals surface area (Å²) < 4.78 is 0.542. The van der Waals surface area contributed by atoms with Crippen LogP contribution in [0, 0.1) is 5.21 Å². The van der Waals surface area contributed by atoms with E-state index in [0.29, 0.717) is 4.23 Å². The lowest BCUT2D eigenvalue weighted by Gasteiger charge is -1.72. The van der Waals surface area contributed by atoms with Gasteiger partial charge in [0.15, 0.2) is 11.5 Å². The van der Waals surface area contributed by atoms with Crippen molar-refractivity contribution in [1.29, 1.82) is 0 Å². The van der Waals surface area contributed by atoms with Crippen LogP contribution in [0.15, 0.2) is 11.6 Å². The first kappa shape index (κ1) is 3.55. The third kappa shape index (κ3) is 0.463. The van der Waals surface area contributed by atoms with E-state index in [9.17, 15) is 5.21 Å². The predicted molar refractivity (Wildman–Crippen MR) is 21.1 cm³/mol. The lowest BCUT2D eigenvalue weighted by Crippen LogP contribution is -2.22. The Kier molecular flexibility index (Phi) is 0.719. The molecule has 0 amide bonds. The van der Waals surface area contributed by atoms with Gasteiger partial charge in [-0.2, -0.15) is 0 Å². The molecule has 6 heavy (non-hydrogen) atoms. The van der Waals surface area contributed by atoms with Crippen molar-refractivity contribution in [3.8, 4) is 0 Å². The molecule has 0 spiro atoms. The molecule has 1 aromatic heterocycles. The zero-order valence-corrected chi connectivity index (χ0v) is 3.68. The molecule has 0 aliphatic rings. The summed E-state index contributed by atoms with van der Waals surface area (Å²) in [7, 11) is 0. The lowest BCUT2D eigenvalue weighted by molar-refractivity contribution is -0.597. The van der Waals surface area contributed by atoms with Crippen molar-refractivity contribution in [2.45, 2.75) is 0 Å². The van der Waals surface area contributed by atoms with Crippen molar-refractivity contribution < 1.29 is 4.23 Å². The maximum atomic E-state index is 9.89. The van der Waals surface area contributed by atoms with Gasteiger partial charge in [-0.25, -0.2) is 0 Å². The molecule has 0 radical (unpaired) electrons. The lowest BCUT2D eigenvalue weighted by atomic mass is 11.1. The zero-order valence-electron chi connectivity index (χ0n) is 2.87. The topological polar surface area (TPSA) is 39.8 Å². The fraction of sp³-hybridized carbons (Fsp3) is 0. The molecule has 1 aromatic rings. The third-order valence-electron chi connectivity index (χ3n) is 0.373. The van der Waals surface area contributed by atoms with Crippen LogP contribution in [-0.4, -0.2) is 5.10 Å². The van der Waals surface area contributed by atoms with E-state index >= 15 is 0 Å². The van der Waals surface area contributed by atoms with Crippen LogP contribution >= 0.6 is 11.5 Å². The van der Waals surface area contributed by atoms with E-state index in [4.69, 9.17) is 0 Å². The van der Waals surface area contributed by atoms with E-state index < -0.39 is 0 Å². The Bertz CT molecular complexity index is 115. The Morgan fingerprint density at radius 2 is 2.67 bits per heavy atom. The standard InChI is InChI=1S/C2H2N2OS/c5-4-3-1-2-6-4/h1-2H. The van der Waals surface area contributed by atoms with Gasteiger partial charge in [-0.3, -0.25) is 0 Å². The Balaban J connectivity index is 3.05. The third-order valence-corrected chi connectivity index (χ3v) is 0.891. The molecule has 32 valence electrons. The zero-order chi connectivity index (χ0) is 4.41. The molecule has 0 saturated carbocycles. The first-order valence-corrected chi connectivity index (χ1v) is 2.23. The average molecular weight is 102 g/mol. The second-order valence-corrected chi connectivity index (χ2v) is 1.54. The number of nitrogens with zero attached hydrogens (tertiary/aromatic N) is 2. The highest BCUT2D eigenvalue weighted by Gasteiger charge is 1.81. The van der Waals surface area contributed by atoms with Crippen LogP contribution in [0.5, 0.6) is 0 Å². The molecule has 3 nitrogen and oxygen atoms in total. The maximum Gasteiger partial charge on any atom is 0.177 e. The highest BCUT2D eigenvalue weighted by molar-refractivity contribution is 6.99. The SMILES string of the molecule is [O-][n+]1nccs1. The Hall–Kier alpha value is -0.640. The van der Waals surface area contributed by atoms with Crippen molar-refractivity contribution >= 4 is 11.5 Å². The van der Waals surface area contributed by atoms with Crippen LogP contribution in [0.25, 0.3) is 0 Å². The van der Waals surface area contributed by atoms with Gasteiger partial charge < -0.3 is 5.21 Å². The van der Waals surface area contributed by atoms with Crippen LogP contribution in [0.1, 0.15) is 0 Å². The summed E-state index contributed by atoms with van der Waals surface area (Å²) in [6.45, 7) is 0. The summed E-state index contributed by atoms with van der Waals surface area (Å²) in [6, 6.07) is 0. The first-order chi connectivity index (χ1) is 2.89. The van der Waals surface area contributed by atoms with Crippen molar-refractivity contribution in [3.05, 3.63) is 16.8 Å². The van der Waals surface area contributed by atoms with Crippen molar-refractivity contribution in [2.75, 3.05) is 0 Å². The van der Waals surface area contributed by atoms with E-state index in [1.165, 1.54) is 6.20 Å². The summed E-state index contributed by atoms with van der Waals surface area (Å²) in [6.07, 6.45) is 1.46. The van der Waals surface area contributed by atoms with E-state index in [1.54, 1.807) is 5.38 Å². The van der Waals surface area contributed by atoms with E-state index in [1.807, 2.05) is 0 Å². The molecule has 0 bridgehead atoms. The molecule has 0 N–H and O–H groups in total. The molecule has 0 aliphatic heterocycles. The van der Waals surface area contributed by atoms with Crippen LogP contribution in [0.2, 0.25) is 0 Å². The number of aromatic nitrogens is 2. The number of hydrogen-bond donors (Lipinski definition) is 0. The van der Waals surface area contributed by atoms with E-state index in [2.05, 4.69) is 5.10 Å². The molecule has 4 heteroatoms. The predicted octanol–water partition coefficient (Wildman–Crippen LogP) is -0.224. The van der Waals surface area contributed by atoms with Gasteiger partial charge in [0.25, 0.3) is 0 Å². The molecule has 0 fully saturated rings. The molecule has 1 rings (SSSR count). The van der Waals surface area contributed by atoms with Gasteiger partial charge >= 0.3 is 0 Å². The van der Waals surface area contributed by atoms with Crippen molar-refractivity contribution in [2.24, 2.45) is 0 Å². The fourth-order valence-electron chi connectivity index (χ4n) is 0.188. The first-order valence-electron chi connectivity index (χ1n) is 1.39. The summed E-state index contributed by atoms with van der Waals surface area (Å²) in [4.78, 5) is 0. The van der Waals surface area contributed by atoms with E-state index in [-0.39, 0.29) is 0 Å². The molecule has 0 aromatic carbocycles. The highest BCUT2D eigenvalue weighted by Crippen LogP contribution is 1.76. The van der Waals surface area contributed by atoms with Crippen molar-refractivity contribution in [3.63, 3.8) is 0 Å². The Labute approximate surface area is 38.6 Å². The minimum Gasteiger partial charge on any atom is -0.581 e. The summed E-state index contributed by atoms with van der Waals surface area (Å²) in [5, 5.41) is 14.8. The quantitative estimate of drug-likeness (QED) is 0.335. The van der Waals surface area contributed by atoms with Gasteiger partial charge in [-0.15, -0.1) is 0 Å². The van der Waals surface area contributed by atoms with Gasteiger partial charge in [0.2, 0.25) is 0 Å². The van der Waals surface area contributed by atoms with Crippen LogP contribution in [0.4, 0.5) is 0 Å². The number of rotatable bonds is 0. The molecule has 0 saturated heterocycles. The Morgan fingerprint density at radius 1 is 1.83 bits per heavy atom. The molecule has 1 heterocycles. The number of hydrogen-bond acceptors (Lipinski definition) is 3. The second kappa shape index (κ2) is 1.22. The largest absolute Gasteiger partial charge is 0.581 e. The van der Waals surface area contributed by atoms with Crippen LogP contribution in [-0.2, 0) is 0 Å². The second-order valence-electron chi connectivity index (χ2n) is 0.744. The van der Waals surface area contributed by atoms with Gasteiger partial charge in [0, 0.05) is 9.33 Å². The van der Waals surface area contributed by atoms with Gasteiger partial charge in [-0.1, -0.05) is 0 Å². The fourth-order valence-corrected chi connectivity index (χ4v) is 0.510. The van der Waals surface area contributed by atoms with Crippen LogP contribution < -0.4 is 4.23 Å². The molecular formula is C2H2N2OS. The average Bonchev–Trinajstić information content (AvgIpc) is 1.86. The smallest absolute Gasteiger partial charge is 0.177 e.